The monoisotopic (exact) mass is 334 g/mol. The van der Waals surface area contributed by atoms with Crippen LogP contribution in [-0.4, -0.2) is 4.98 Å². The van der Waals surface area contributed by atoms with Crippen molar-refractivity contribution in [3.05, 3.63) is 76.8 Å². The van der Waals surface area contributed by atoms with Crippen LogP contribution in [-0.2, 0) is 0 Å². The van der Waals surface area contributed by atoms with E-state index < -0.39 is 0 Å². The number of hydrogen-bond donors (Lipinski definition) is 1. The van der Waals surface area contributed by atoms with E-state index >= 15 is 0 Å². The smallest absolute Gasteiger partial charge is 0.345 e. The van der Waals surface area contributed by atoms with E-state index in [1.165, 1.54) is 11.3 Å². The number of nitrogens with zero attached hydrogens (tertiary/aromatic N) is 1. The van der Waals surface area contributed by atoms with Crippen LogP contribution in [0.1, 0.15) is 5.69 Å². The summed E-state index contributed by atoms with van der Waals surface area (Å²) >= 11 is 1.45. The fourth-order valence-electron chi connectivity index (χ4n) is 2.56. The summed E-state index contributed by atoms with van der Waals surface area (Å²) in [6.07, 6.45) is 0. The van der Waals surface area contributed by atoms with Gasteiger partial charge in [-0.1, -0.05) is 47.7 Å². The normalized spacial score (nSPS) is 10.9. The molecule has 1 N–H and O–H groups in total. The van der Waals surface area contributed by atoms with Gasteiger partial charge < -0.3 is 9.73 Å². The molecule has 0 radical (unpaired) electrons. The van der Waals surface area contributed by atoms with Crippen LogP contribution < -0.4 is 10.9 Å². The van der Waals surface area contributed by atoms with Gasteiger partial charge in [-0.2, -0.15) is 0 Å². The highest BCUT2D eigenvalue weighted by molar-refractivity contribution is 7.19. The second-order valence-corrected chi connectivity index (χ2v) is 6.41. The largest absolute Gasteiger partial charge is 0.422 e. The lowest BCUT2D eigenvalue weighted by atomic mass is 10.1. The number of aryl methyl sites for hydroxylation is 1. The Morgan fingerprint density at radius 3 is 2.62 bits per heavy atom. The van der Waals surface area contributed by atoms with Gasteiger partial charge in [0.1, 0.15) is 5.58 Å². The van der Waals surface area contributed by atoms with Gasteiger partial charge in [-0.25, -0.2) is 9.78 Å². The molecule has 0 spiro atoms. The van der Waals surface area contributed by atoms with Crippen LogP contribution in [0.25, 0.3) is 21.4 Å². The molecule has 2 heterocycles. The minimum Gasteiger partial charge on any atom is -0.422 e. The molecule has 2 aromatic carbocycles. The Hall–Kier alpha value is -2.92. The molecular weight excluding hydrogens is 320 g/mol. The third kappa shape index (κ3) is 2.70. The average Bonchev–Trinajstić information content (AvgIpc) is 2.95. The van der Waals surface area contributed by atoms with Crippen molar-refractivity contribution in [1.82, 2.24) is 4.98 Å². The van der Waals surface area contributed by atoms with E-state index in [1.54, 1.807) is 6.07 Å². The summed E-state index contributed by atoms with van der Waals surface area (Å²) in [6.45, 7) is 1.90. The van der Waals surface area contributed by atoms with Gasteiger partial charge in [-0.05, 0) is 31.2 Å². The fourth-order valence-corrected chi connectivity index (χ4v) is 3.56. The Bertz CT molecular complexity index is 1070. The van der Waals surface area contributed by atoms with Gasteiger partial charge in [0.15, 0.2) is 5.13 Å². The molecule has 0 bridgehead atoms. The van der Waals surface area contributed by atoms with E-state index in [4.69, 9.17) is 4.42 Å². The van der Waals surface area contributed by atoms with Crippen molar-refractivity contribution < 1.29 is 4.42 Å². The number of thiazole rings is 1. The molecule has 5 heteroatoms. The van der Waals surface area contributed by atoms with E-state index in [0.717, 1.165) is 26.8 Å². The lowest BCUT2D eigenvalue weighted by Crippen LogP contribution is -2.02. The Morgan fingerprint density at radius 1 is 1.04 bits per heavy atom. The Balaban J connectivity index is 1.77. The average molecular weight is 334 g/mol. The van der Waals surface area contributed by atoms with Gasteiger partial charge in [0.25, 0.3) is 0 Å². The first-order valence-electron chi connectivity index (χ1n) is 7.53. The second kappa shape index (κ2) is 5.94. The summed E-state index contributed by atoms with van der Waals surface area (Å²) in [5, 5.41) is 4.92. The predicted octanol–water partition coefficient (Wildman–Crippen LogP) is 4.97. The zero-order chi connectivity index (χ0) is 16.5. The molecular formula is C19H14N2O2S. The molecule has 4 aromatic rings. The van der Waals surface area contributed by atoms with Crippen molar-refractivity contribution >= 4 is 33.1 Å². The summed E-state index contributed by atoms with van der Waals surface area (Å²) < 4.78 is 5.43. The zero-order valence-corrected chi connectivity index (χ0v) is 13.8. The number of para-hydroxylation sites is 2. The van der Waals surface area contributed by atoms with Gasteiger partial charge in [0, 0.05) is 11.1 Å². The summed E-state index contributed by atoms with van der Waals surface area (Å²) in [5.74, 6) is 0. The topological polar surface area (TPSA) is 55.1 Å². The molecule has 0 aliphatic heterocycles. The lowest BCUT2D eigenvalue weighted by Gasteiger charge is -2.01. The highest BCUT2D eigenvalue weighted by Crippen LogP contribution is 2.33. The summed E-state index contributed by atoms with van der Waals surface area (Å²) in [4.78, 5) is 17.7. The molecule has 0 atom stereocenters. The minimum absolute atomic E-state index is 0.341. The van der Waals surface area contributed by atoms with Crippen LogP contribution in [0.2, 0.25) is 0 Å². The molecule has 2 aromatic heterocycles. The third-order valence-electron chi connectivity index (χ3n) is 3.71. The van der Waals surface area contributed by atoms with Gasteiger partial charge in [-0.3, -0.25) is 0 Å². The molecule has 0 fully saturated rings. The molecule has 4 nitrogen and oxygen atoms in total. The van der Waals surface area contributed by atoms with Crippen LogP contribution >= 0.6 is 11.3 Å². The predicted molar refractivity (Wildman–Crippen MR) is 98.1 cm³/mol. The maximum Gasteiger partial charge on any atom is 0.345 e. The van der Waals surface area contributed by atoms with Gasteiger partial charge in [0.2, 0.25) is 0 Å². The SMILES string of the molecule is Cc1nc(Nc2ccccc2)sc1-c1cc2ccccc2oc1=O. The summed E-state index contributed by atoms with van der Waals surface area (Å²) in [6, 6.07) is 19.2. The van der Waals surface area contributed by atoms with Crippen LogP contribution in [0.4, 0.5) is 10.8 Å². The number of rotatable bonds is 3. The van der Waals surface area contributed by atoms with Crippen molar-refractivity contribution in [2.24, 2.45) is 0 Å². The first-order chi connectivity index (χ1) is 11.7. The van der Waals surface area contributed by atoms with Crippen molar-refractivity contribution in [2.45, 2.75) is 6.92 Å². The van der Waals surface area contributed by atoms with Gasteiger partial charge >= 0.3 is 5.63 Å². The number of anilines is 2. The quantitative estimate of drug-likeness (QED) is 0.538. The molecule has 4 rings (SSSR count). The lowest BCUT2D eigenvalue weighted by molar-refractivity contribution is 0.563. The number of benzene rings is 2. The van der Waals surface area contributed by atoms with Crippen molar-refractivity contribution in [3.8, 4) is 10.4 Å². The first kappa shape index (κ1) is 14.7. The van der Waals surface area contributed by atoms with Crippen LogP contribution in [0.5, 0.6) is 0 Å². The summed E-state index contributed by atoms with van der Waals surface area (Å²) in [5.41, 5.74) is 2.57. The Kier molecular flexibility index (Phi) is 3.63. The van der Waals surface area contributed by atoms with Crippen molar-refractivity contribution in [3.63, 3.8) is 0 Å². The van der Waals surface area contributed by atoms with E-state index in [2.05, 4.69) is 10.3 Å². The fraction of sp³-hybridized carbons (Fsp3) is 0.0526. The molecule has 0 saturated heterocycles. The minimum atomic E-state index is -0.341. The molecule has 0 aliphatic carbocycles. The molecule has 0 saturated carbocycles. The zero-order valence-electron chi connectivity index (χ0n) is 12.9. The highest BCUT2D eigenvalue weighted by Gasteiger charge is 2.15. The van der Waals surface area contributed by atoms with E-state index in [1.807, 2.05) is 61.5 Å². The van der Waals surface area contributed by atoms with Crippen molar-refractivity contribution in [2.75, 3.05) is 5.32 Å². The van der Waals surface area contributed by atoms with E-state index in [0.29, 0.717) is 11.1 Å². The summed E-state index contributed by atoms with van der Waals surface area (Å²) in [7, 11) is 0. The van der Waals surface area contributed by atoms with E-state index in [-0.39, 0.29) is 5.63 Å². The van der Waals surface area contributed by atoms with E-state index in [9.17, 15) is 4.79 Å². The standard InChI is InChI=1S/C19H14N2O2S/c1-12-17(24-19(20-12)21-14-8-3-2-4-9-14)15-11-13-7-5-6-10-16(13)23-18(15)22/h2-11H,1H3,(H,20,21). The van der Waals surface area contributed by atoms with Gasteiger partial charge in [-0.15, -0.1) is 0 Å². The molecule has 24 heavy (non-hydrogen) atoms. The molecule has 118 valence electrons. The number of hydrogen-bond acceptors (Lipinski definition) is 5. The number of fused-ring (bicyclic) bond motifs is 1. The number of nitrogens with one attached hydrogen (secondary N) is 1. The maximum absolute atomic E-state index is 12.3. The van der Waals surface area contributed by atoms with Crippen molar-refractivity contribution in [1.29, 1.82) is 0 Å². The highest BCUT2D eigenvalue weighted by atomic mass is 32.1. The molecule has 0 amide bonds. The number of aromatic nitrogens is 1. The van der Waals surface area contributed by atoms with Crippen LogP contribution in [0, 0.1) is 6.92 Å². The maximum atomic E-state index is 12.3. The first-order valence-corrected chi connectivity index (χ1v) is 8.35. The Morgan fingerprint density at radius 2 is 1.79 bits per heavy atom. The van der Waals surface area contributed by atoms with Crippen LogP contribution in [0.15, 0.2) is 69.9 Å². The second-order valence-electron chi connectivity index (χ2n) is 5.41. The molecule has 0 aliphatic rings. The van der Waals surface area contributed by atoms with Gasteiger partial charge in [0.05, 0.1) is 16.1 Å². The third-order valence-corrected chi connectivity index (χ3v) is 4.81. The molecule has 0 unspecified atom stereocenters. The Labute approximate surface area is 142 Å². The van der Waals surface area contributed by atoms with Crippen LogP contribution in [0.3, 0.4) is 0 Å².